The normalized spacial score (nSPS) is 16.4. The van der Waals surface area contributed by atoms with Gasteiger partial charge in [0.05, 0.1) is 6.10 Å². The number of hydrogen-bond donors (Lipinski definition) is 1. The predicted molar refractivity (Wildman–Crippen MR) is 62.0 cm³/mol. The maximum Gasteiger partial charge on any atom is 0.259 e. The zero-order chi connectivity index (χ0) is 11.1. The molecule has 82 valence electrons. The summed E-state index contributed by atoms with van der Waals surface area (Å²) in [5.74, 6) is 0.256. The first-order chi connectivity index (χ1) is 6.97. The van der Waals surface area contributed by atoms with Crippen LogP contribution in [0.25, 0.3) is 0 Å². The Bertz CT molecular complexity index is 485. The third-order valence-corrected chi connectivity index (χ3v) is 3.31. The average molecular weight is 340 g/mol. The first-order valence-electron chi connectivity index (χ1n) is 4.32. The van der Waals surface area contributed by atoms with E-state index in [1.54, 1.807) is 6.07 Å². The largest absolute Gasteiger partial charge is 0.487 e. The monoisotopic (exact) mass is 340 g/mol. The summed E-state index contributed by atoms with van der Waals surface area (Å²) < 4.78 is 28.7. The molecule has 1 saturated carbocycles. The number of ether oxygens (including phenoxy) is 1. The van der Waals surface area contributed by atoms with Crippen molar-refractivity contribution in [3.05, 3.63) is 15.8 Å². The Morgan fingerprint density at radius 3 is 2.73 bits per heavy atom. The van der Waals surface area contributed by atoms with Crippen molar-refractivity contribution in [3.8, 4) is 5.75 Å². The van der Waals surface area contributed by atoms with E-state index in [4.69, 9.17) is 9.88 Å². The molecular formula is C8H9IN2O3S. The number of pyridine rings is 1. The van der Waals surface area contributed by atoms with Crippen LogP contribution < -0.4 is 9.88 Å². The molecule has 2 N–H and O–H groups in total. The molecule has 1 fully saturated rings. The van der Waals surface area contributed by atoms with E-state index in [9.17, 15) is 8.42 Å². The van der Waals surface area contributed by atoms with Gasteiger partial charge in [0.15, 0.2) is 5.75 Å². The van der Waals surface area contributed by atoms with Gasteiger partial charge in [-0.3, -0.25) is 0 Å². The van der Waals surface area contributed by atoms with Gasteiger partial charge in [0.2, 0.25) is 5.03 Å². The van der Waals surface area contributed by atoms with Crippen LogP contribution in [-0.4, -0.2) is 19.5 Å². The van der Waals surface area contributed by atoms with E-state index in [1.165, 1.54) is 6.20 Å². The molecule has 15 heavy (non-hydrogen) atoms. The summed E-state index contributed by atoms with van der Waals surface area (Å²) in [5.41, 5.74) is 0. The van der Waals surface area contributed by atoms with E-state index in [-0.39, 0.29) is 16.9 Å². The maximum atomic E-state index is 11.2. The second kappa shape index (κ2) is 3.87. The lowest BCUT2D eigenvalue weighted by Gasteiger charge is -2.08. The number of hydrogen-bond acceptors (Lipinski definition) is 4. The predicted octanol–water partition coefficient (Wildman–Crippen LogP) is 0.875. The molecule has 7 heteroatoms. The Hall–Kier alpha value is -0.410. The molecule has 0 spiro atoms. The van der Waals surface area contributed by atoms with Gasteiger partial charge in [-0.25, -0.2) is 18.5 Å². The van der Waals surface area contributed by atoms with Crippen LogP contribution >= 0.6 is 22.6 Å². The van der Waals surface area contributed by atoms with Crippen LogP contribution in [0.4, 0.5) is 0 Å². The van der Waals surface area contributed by atoms with Crippen molar-refractivity contribution >= 4 is 32.6 Å². The highest BCUT2D eigenvalue weighted by Gasteiger charge is 2.27. The lowest BCUT2D eigenvalue weighted by atomic mass is 10.4. The van der Waals surface area contributed by atoms with Crippen LogP contribution in [0, 0.1) is 3.57 Å². The Kier molecular flexibility index (Phi) is 2.86. The van der Waals surface area contributed by atoms with Gasteiger partial charge in [-0.1, -0.05) is 0 Å². The molecule has 0 aliphatic heterocycles. The molecule has 0 aromatic carbocycles. The smallest absolute Gasteiger partial charge is 0.259 e. The maximum absolute atomic E-state index is 11.2. The summed E-state index contributed by atoms with van der Waals surface area (Å²) in [6.45, 7) is 0. The van der Waals surface area contributed by atoms with Crippen LogP contribution in [-0.2, 0) is 10.0 Å². The molecule has 0 bridgehead atoms. The quantitative estimate of drug-likeness (QED) is 0.828. The van der Waals surface area contributed by atoms with Crippen molar-refractivity contribution < 1.29 is 13.2 Å². The Balaban J connectivity index is 2.43. The summed E-state index contributed by atoms with van der Waals surface area (Å²) in [6.07, 6.45) is 3.47. The van der Waals surface area contributed by atoms with Crippen LogP contribution in [0.5, 0.6) is 5.75 Å². The zero-order valence-corrected chi connectivity index (χ0v) is 10.7. The number of primary sulfonamides is 1. The molecule has 0 saturated heterocycles. The summed E-state index contributed by atoms with van der Waals surface area (Å²) in [5, 5.41) is 4.85. The molecule has 5 nitrogen and oxygen atoms in total. The molecular weight excluding hydrogens is 331 g/mol. The standard InChI is InChI=1S/C8H9IN2O3S/c9-5-3-7(14-6-1-2-6)8(11-4-5)15(10,12)13/h3-4,6H,1-2H2,(H2,10,12,13). The Morgan fingerprint density at radius 1 is 1.53 bits per heavy atom. The van der Waals surface area contributed by atoms with E-state index in [0.717, 1.165) is 16.4 Å². The van der Waals surface area contributed by atoms with Crippen LogP contribution in [0.1, 0.15) is 12.8 Å². The van der Waals surface area contributed by atoms with Crippen LogP contribution in [0.2, 0.25) is 0 Å². The van der Waals surface area contributed by atoms with Crippen molar-refractivity contribution in [2.24, 2.45) is 5.14 Å². The van der Waals surface area contributed by atoms with E-state index in [1.807, 2.05) is 22.6 Å². The Labute approximate surface area is 101 Å². The fourth-order valence-electron chi connectivity index (χ4n) is 1.07. The molecule has 0 amide bonds. The first kappa shape index (κ1) is 11.1. The highest BCUT2D eigenvalue weighted by atomic mass is 127. The number of halogens is 1. The van der Waals surface area contributed by atoms with Crippen molar-refractivity contribution in [1.82, 2.24) is 4.98 Å². The number of nitrogens with two attached hydrogens (primary N) is 1. The third-order valence-electron chi connectivity index (χ3n) is 1.87. The number of rotatable bonds is 3. The van der Waals surface area contributed by atoms with Gasteiger partial charge < -0.3 is 4.74 Å². The SMILES string of the molecule is NS(=O)(=O)c1ncc(I)cc1OC1CC1. The van der Waals surface area contributed by atoms with Crippen molar-refractivity contribution in [1.29, 1.82) is 0 Å². The molecule has 0 atom stereocenters. The number of nitrogens with zero attached hydrogens (tertiary/aromatic N) is 1. The Morgan fingerprint density at radius 2 is 2.20 bits per heavy atom. The minimum atomic E-state index is -3.81. The minimum absolute atomic E-state index is 0.116. The lowest BCUT2D eigenvalue weighted by molar-refractivity contribution is 0.292. The number of sulfonamides is 1. The molecule has 0 radical (unpaired) electrons. The third kappa shape index (κ3) is 2.79. The topological polar surface area (TPSA) is 82.3 Å². The van der Waals surface area contributed by atoms with Crippen LogP contribution in [0.15, 0.2) is 17.3 Å². The number of aromatic nitrogens is 1. The molecule has 0 unspecified atom stereocenters. The fraction of sp³-hybridized carbons (Fsp3) is 0.375. The molecule has 1 aliphatic rings. The fourth-order valence-corrected chi connectivity index (χ4v) is 2.08. The average Bonchev–Trinajstić information content (AvgIpc) is 2.85. The van der Waals surface area contributed by atoms with Crippen molar-refractivity contribution in [2.75, 3.05) is 0 Å². The van der Waals surface area contributed by atoms with Gasteiger partial charge in [-0.15, -0.1) is 0 Å². The summed E-state index contributed by atoms with van der Waals surface area (Å²) in [7, 11) is -3.81. The van der Waals surface area contributed by atoms with Gasteiger partial charge in [0, 0.05) is 9.77 Å². The van der Waals surface area contributed by atoms with Gasteiger partial charge >= 0.3 is 0 Å². The molecule has 1 aromatic heterocycles. The first-order valence-corrected chi connectivity index (χ1v) is 6.94. The second-order valence-corrected chi connectivity index (χ2v) is 6.04. The zero-order valence-electron chi connectivity index (χ0n) is 7.68. The lowest BCUT2D eigenvalue weighted by Crippen LogP contribution is -2.16. The summed E-state index contributed by atoms with van der Waals surface area (Å²) >= 11 is 2.04. The second-order valence-electron chi connectivity index (χ2n) is 3.32. The van der Waals surface area contributed by atoms with E-state index < -0.39 is 10.0 Å². The van der Waals surface area contributed by atoms with E-state index >= 15 is 0 Å². The van der Waals surface area contributed by atoms with E-state index in [2.05, 4.69) is 4.98 Å². The van der Waals surface area contributed by atoms with Gasteiger partial charge in [-0.05, 0) is 41.5 Å². The van der Waals surface area contributed by atoms with Crippen molar-refractivity contribution in [2.45, 2.75) is 24.0 Å². The molecule has 1 heterocycles. The molecule has 1 aromatic rings. The minimum Gasteiger partial charge on any atom is -0.487 e. The molecule has 2 rings (SSSR count). The highest BCUT2D eigenvalue weighted by Crippen LogP contribution is 2.30. The highest BCUT2D eigenvalue weighted by molar-refractivity contribution is 14.1. The summed E-state index contributed by atoms with van der Waals surface area (Å²) in [6, 6.07) is 1.63. The van der Waals surface area contributed by atoms with Crippen molar-refractivity contribution in [3.63, 3.8) is 0 Å². The van der Waals surface area contributed by atoms with Gasteiger partial charge in [0.25, 0.3) is 10.0 Å². The van der Waals surface area contributed by atoms with Gasteiger partial charge in [-0.2, -0.15) is 0 Å². The molecule has 1 aliphatic carbocycles. The van der Waals surface area contributed by atoms with Gasteiger partial charge in [0.1, 0.15) is 0 Å². The summed E-state index contributed by atoms with van der Waals surface area (Å²) in [4.78, 5) is 3.78. The van der Waals surface area contributed by atoms with E-state index in [0.29, 0.717) is 0 Å². The van der Waals surface area contributed by atoms with Crippen LogP contribution in [0.3, 0.4) is 0 Å².